The second-order valence-corrected chi connectivity index (χ2v) is 5.21. The van der Waals surface area contributed by atoms with Gasteiger partial charge in [-0.25, -0.2) is 9.97 Å². The van der Waals surface area contributed by atoms with Gasteiger partial charge in [0.2, 0.25) is 11.6 Å². The van der Waals surface area contributed by atoms with Crippen molar-refractivity contribution in [1.82, 2.24) is 9.97 Å². The molecule has 0 amide bonds. The van der Waals surface area contributed by atoms with Crippen LogP contribution in [0.4, 0.5) is 23.0 Å². The number of carbonyl (C=O) groups excluding carboxylic acids is 1. The normalized spacial score (nSPS) is 10.3. The first-order chi connectivity index (χ1) is 12.0. The van der Waals surface area contributed by atoms with E-state index < -0.39 is 4.92 Å². The molecule has 1 heterocycles. The van der Waals surface area contributed by atoms with Crippen molar-refractivity contribution in [3.05, 3.63) is 46.3 Å². The SMILES string of the molecule is COCCCNc1ncnc(Nc2cccc(C(C)=O)c2)c1[N+](=O)[O-]. The highest BCUT2D eigenvalue weighted by atomic mass is 16.6. The van der Waals surface area contributed by atoms with Gasteiger partial charge in [-0.3, -0.25) is 14.9 Å². The van der Waals surface area contributed by atoms with Crippen LogP contribution in [0.25, 0.3) is 0 Å². The fourth-order valence-electron chi connectivity index (χ4n) is 2.15. The molecule has 132 valence electrons. The van der Waals surface area contributed by atoms with E-state index in [0.29, 0.717) is 30.8 Å². The van der Waals surface area contributed by atoms with E-state index in [-0.39, 0.29) is 23.1 Å². The van der Waals surface area contributed by atoms with Gasteiger partial charge in [0.15, 0.2) is 5.78 Å². The molecular weight excluding hydrogens is 326 g/mol. The first-order valence-electron chi connectivity index (χ1n) is 7.63. The quantitative estimate of drug-likeness (QED) is 0.308. The maximum Gasteiger partial charge on any atom is 0.353 e. The minimum Gasteiger partial charge on any atom is -0.385 e. The van der Waals surface area contributed by atoms with Gasteiger partial charge in [-0.15, -0.1) is 0 Å². The number of nitro groups is 1. The zero-order valence-electron chi connectivity index (χ0n) is 14.0. The highest BCUT2D eigenvalue weighted by Gasteiger charge is 2.23. The molecule has 1 aromatic carbocycles. The van der Waals surface area contributed by atoms with Crippen LogP contribution in [0.15, 0.2) is 30.6 Å². The maximum atomic E-state index is 11.5. The first-order valence-corrected chi connectivity index (χ1v) is 7.63. The molecule has 0 bridgehead atoms. The number of Topliss-reactive ketones (excluding diaryl/α,β-unsaturated/α-hetero) is 1. The third kappa shape index (κ3) is 4.95. The van der Waals surface area contributed by atoms with E-state index in [1.807, 2.05) is 0 Å². The molecule has 2 N–H and O–H groups in total. The van der Waals surface area contributed by atoms with E-state index in [9.17, 15) is 14.9 Å². The fraction of sp³-hybridized carbons (Fsp3) is 0.312. The predicted molar refractivity (Wildman–Crippen MR) is 93.4 cm³/mol. The van der Waals surface area contributed by atoms with Gasteiger partial charge in [-0.05, 0) is 25.5 Å². The van der Waals surface area contributed by atoms with Crippen LogP contribution >= 0.6 is 0 Å². The average Bonchev–Trinajstić information content (AvgIpc) is 2.59. The number of hydrogen-bond acceptors (Lipinski definition) is 8. The Hall–Kier alpha value is -3.07. The number of nitrogens with one attached hydrogen (secondary N) is 2. The standard InChI is InChI=1S/C16H19N5O4/c1-11(22)12-5-3-6-13(9-12)20-16-14(21(23)24)15(18-10-19-16)17-7-4-8-25-2/h3,5-6,9-10H,4,7-8H2,1-2H3,(H2,17,18,19,20). The van der Waals surface area contributed by atoms with Crippen molar-refractivity contribution in [2.24, 2.45) is 0 Å². The molecule has 0 atom stereocenters. The second-order valence-electron chi connectivity index (χ2n) is 5.21. The minimum atomic E-state index is -0.546. The number of anilines is 3. The molecule has 9 nitrogen and oxygen atoms in total. The number of methoxy groups -OCH3 is 1. The number of ether oxygens (including phenoxy) is 1. The summed E-state index contributed by atoms with van der Waals surface area (Å²) in [6, 6.07) is 6.67. The van der Waals surface area contributed by atoms with E-state index in [2.05, 4.69) is 20.6 Å². The molecule has 0 saturated carbocycles. The number of ketones is 1. The summed E-state index contributed by atoms with van der Waals surface area (Å²) in [5, 5.41) is 17.3. The van der Waals surface area contributed by atoms with E-state index in [0.717, 1.165) is 0 Å². The summed E-state index contributed by atoms with van der Waals surface area (Å²) < 4.78 is 4.94. The van der Waals surface area contributed by atoms with Crippen molar-refractivity contribution in [1.29, 1.82) is 0 Å². The van der Waals surface area contributed by atoms with Crippen LogP contribution in [0.3, 0.4) is 0 Å². The van der Waals surface area contributed by atoms with Crippen LogP contribution in [0.5, 0.6) is 0 Å². The predicted octanol–water partition coefficient (Wildman–Crippen LogP) is 2.78. The monoisotopic (exact) mass is 345 g/mol. The number of hydrogen-bond donors (Lipinski definition) is 2. The molecule has 0 spiro atoms. The van der Waals surface area contributed by atoms with E-state index in [1.54, 1.807) is 31.4 Å². The Morgan fingerprint density at radius 1 is 1.32 bits per heavy atom. The fourth-order valence-corrected chi connectivity index (χ4v) is 2.15. The highest BCUT2D eigenvalue weighted by Crippen LogP contribution is 2.31. The van der Waals surface area contributed by atoms with Gasteiger partial charge in [-0.1, -0.05) is 12.1 Å². The Labute approximate surface area is 144 Å². The zero-order chi connectivity index (χ0) is 18.2. The lowest BCUT2D eigenvalue weighted by Crippen LogP contribution is -2.10. The van der Waals surface area contributed by atoms with Crippen molar-refractivity contribution in [3.8, 4) is 0 Å². The number of rotatable bonds is 9. The maximum absolute atomic E-state index is 11.5. The molecule has 0 aliphatic carbocycles. The van der Waals surface area contributed by atoms with E-state index in [4.69, 9.17) is 4.74 Å². The summed E-state index contributed by atoms with van der Waals surface area (Å²) in [7, 11) is 1.59. The molecule has 2 aromatic rings. The molecule has 9 heteroatoms. The number of nitrogens with zero attached hydrogens (tertiary/aromatic N) is 3. The number of benzene rings is 1. The lowest BCUT2D eigenvalue weighted by atomic mass is 10.1. The molecule has 0 radical (unpaired) electrons. The molecule has 0 unspecified atom stereocenters. The molecule has 0 aliphatic rings. The van der Waals surface area contributed by atoms with Gasteiger partial charge >= 0.3 is 5.69 Å². The molecular formula is C16H19N5O4. The summed E-state index contributed by atoms with van der Waals surface area (Å²) in [5.41, 5.74) is 0.771. The van der Waals surface area contributed by atoms with Crippen molar-refractivity contribution in [2.75, 3.05) is 30.9 Å². The summed E-state index contributed by atoms with van der Waals surface area (Å²) in [6.07, 6.45) is 1.92. The molecule has 0 saturated heterocycles. The number of carbonyl (C=O) groups is 1. The van der Waals surface area contributed by atoms with Crippen LogP contribution in [0, 0.1) is 10.1 Å². The van der Waals surface area contributed by atoms with E-state index >= 15 is 0 Å². The third-order valence-corrected chi connectivity index (χ3v) is 3.35. The Bertz CT molecular complexity index is 766. The van der Waals surface area contributed by atoms with Gasteiger partial charge in [0.1, 0.15) is 6.33 Å². The number of aromatic nitrogens is 2. The Morgan fingerprint density at radius 2 is 2.08 bits per heavy atom. The topological polar surface area (TPSA) is 119 Å². The van der Waals surface area contributed by atoms with Crippen LogP contribution in [-0.2, 0) is 4.74 Å². The first kappa shape index (κ1) is 18.3. The van der Waals surface area contributed by atoms with Gasteiger partial charge in [0.05, 0.1) is 4.92 Å². The van der Waals surface area contributed by atoms with Crippen molar-refractivity contribution in [2.45, 2.75) is 13.3 Å². The summed E-state index contributed by atoms with van der Waals surface area (Å²) >= 11 is 0. The van der Waals surface area contributed by atoms with E-state index in [1.165, 1.54) is 13.3 Å². The molecule has 0 aliphatic heterocycles. The Balaban J connectivity index is 2.26. The van der Waals surface area contributed by atoms with Crippen molar-refractivity contribution >= 4 is 28.8 Å². The van der Waals surface area contributed by atoms with Crippen molar-refractivity contribution in [3.63, 3.8) is 0 Å². The largest absolute Gasteiger partial charge is 0.385 e. The lowest BCUT2D eigenvalue weighted by Gasteiger charge is -2.10. The van der Waals surface area contributed by atoms with Crippen molar-refractivity contribution < 1.29 is 14.5 Å². The highest BCUT2D eigenvalue weighted by molar-refractivity contribution is 5.95. The van der Waals surface area contributed by atoms with Gasteiger partial charge in [-0.2, -0.15) is 0 Å². The Kier molecular flexibility index (Phi) is 6.35. The molecule has 1 aromatic heterocycles. The second kappa shape index (κ2) is 8.69. The minimum absolute atomic E-state index is 0.0509. The zero-order valence-corrected chi connectivity index (χ0v) is 14.0. The van der Waals surface area contributed by atoms with Crippen LogP contribution < -0.4 is 10.6 Å². The lowest BCUT2D eigenvalue weighted by molar-refractivity contribution is -0.383. The van der Waals surface area contributed by atoms with Gasteiger partial charge in [0.25, 0.3) is 0 Å². The smallest absolute Gasteiger partial charge is 0.353 e. The van der Waals surface area contributed by atoms with Gasteiger partial charge < -0.3 is 15.4 Å². The molecule has 25 heavy (non-hydrogen) atoms. The van der Waals surface area contributed by atoms with Crippen LogP contribution in [-0.4, -0.2) is 40.9 Å². The Morgan fingerprint density at radius 3 is 2.76 bits per heavy atom. The summed E-state index contributed by atoms with van der Waals surface area (Å²) in [6.45, 7) is 2.47. The van der Waals surface area contributed by atoms with Crippen LogP contribution in [0.2, 0.25) is 0 Å². The third-order valence-electron chi connectivity index (χ3n) is 3.35. The summed E-state index contributed by atoms with van der Waals surface area (Å²) in [5.74, 6) is 0.0811. The van der Waals surface area contributed by atoms with Crippen LogP contribution in [0.1, 0.15) is 23.7 Å². The molecule has 0 fully saturated rings. The van der Waals surface area contributed by atoms with Gasteiger partial charge in [0, 0.05) is 31.5 Å². The molecule has 2 rings (SSSR count). The average molecular weight is 345 g/mol. The summed E-state index contributed by atoms with van der Waals surface area (Å²) in [4.78, 5) is 30.3.